The second-order valence-corrected chi connectivity index (χ2v) is 4.79. The molecule has 1 unspecified atom stereocenters. The molecule has 4 N–H and O–H groups in total. The molecule has 1 amide bonds. The summed E-state index contributed by atoms with van der Waals surface area (Å²) < 4.78 is 0. The first-order valence-electron chi connectivity index (χ1n) is 4.92. The number of carbonyl (C=O) groups excluding carboxylic acids is 1. The molecular formula is C9H20N2O2S. The van der Waals surface area contributed by atoms with Crippen LogP contribution >= 0.6 is 11.8 Å². The van der Waals surface area contributed by atoms with Crippen molar-refractivity contribution in [2.75, 3.05) is 12.4 Å². The molecule has 0 aliphatic carbocycles. The van der Waals surface area contributed by atoms with Gasteiger partial charge in [0.2, 0.25) is 5.91 Å². The van der Waals surface area contributed by atoms with E-state index in [9.17, 15) is 4.79 Å². The van der Waals surface area contributed by atoms with E-state index in [1.54, 1.807) is 11.8 Å². The van der Waals surface area contributed by atoms with E-state index >= 15 is 0 Å². The van der Waals surface area contributed by atoms with Gasteiger partial charge in [0, 0.05) is 11.7 Å². The molecule has 0 heterocycles. The number of hydrazine groups is 1. The second-order valence-electron chi connectivity index (χ2n) is 3.24. The first-order chi connectivity index (χ1) is 6.70. The van der Waals surface area contributed by atoms with Gasteiger partial charge in [0.1, 0.15) is 0 Å². The van der Waals surface area contributed by atoms with E-state index in [2.05, 4.69) is 5.43 Å². The fourth-order valence-electron chi connectivity index (χ4n) is 0.974. The number of amides is 1. The highest BCUT2D eigenvalue weighted by Gasteiger charge is 2.00. The number of rotatable bonds is 8. The molecule has 0 saturated carbocycles. The van der Waals surface area contributed by atoms with Crippen molar-refractivity contribution in [3.63, 3.8) is 0 Å². The first-order valence-corrected chi connectivity index (χ1v) is 5.97. The van der Waals surface area contributed by atoms with Crippen LogP contribution in [0.3, 0.4) is 0 Å². The monoisotopic (exact) mass is 220 g/mol. The molecule has 0 aliphatic rings. The van der Waals surface area contributed by atoms with Gasteiger partial charge >= 0.3 is 0 Å². The fourth-order valence-corrected chi connectivity index (χ4v) is 1.85. The molecule has 0 saturated heterocycles. The van der Waals surface area contributed by atoms with E-state index in [0.717, 1.165) is 25.0 Å². The number of hydrogen-bond donors (Lipinski definition) is 3. The van der Waals surface area contributed by atoms with Gasteiger partial charge in [-0.25, -0.2) is 5.84 Å². The number of thioether (sulfide) groups is 1. The zero-order valence-electron chi connectivity index (χ0n) is 8.66. The van der Waals surface area contributed by atoms with Gasteiger partial charge in [0.15, 0.2) is 0 Å². The third-order valence-electron chi connectivity index (χ3n) is 1.87. The summed E-state index contributed by atoms with van der Waals surface area (Å²) in [5, 5.41) is 9.08. The Bertz CT molecular complexity index is 156. The average Bonchev–Trinajstić information content (AvgIpc) is 2.22. The lowest BCUT2D eigenvalue weighted by Gasteiger charge is -2.06. The Morgan fingerprint density at radius 2 is 2.21 bits per heavy atom. The molecular weight excluding hydrogens is 200 g/mol. The van der Waals surface area contributed by atoms with Crippen molar-refractivity contribution in [3.8, 4) is 0 Å². The maximum atomic E-state index is 10.7. The summed E-state index contributed by atoms with van der Waals surface area (Å²) in [4.78, 5) is 10.7. The summed E-state index contributed by atoms with van der Waals surface area (Å²) in [6.45, 7) is 2.24. The summed E-state index contributed by atoms with van der Waals surface area (Å²) in [5.74, 6) is 5.89. The van der Waals surface area contributed by atoms with E-state index in [-0.39, 0.29) is 12.5 Å². The molecule has 4 nitrogen and oxygen atoms in total. The highest BCUT2D eigenvalue weighted by molar-refractivity contribution is 7.99. The van der Waals surface area contributed by atoms with Crippen molar-refractivity contribution in [2.24, 2.45) is 5.84 Å². The Morgan fingerprint density at radius 3 is 2.79 bits per heavy atom. The molecule has 84 valence electrons. The summed E-state index contributed by atoms with van der Waals surface area (Å²) in [6.07, 6.45) is 3.53. The van der Waals surface area contributed by atoms with Gasteiger partial charge in [-0.15, -0.1) is 0 Å². The second kappa shape index (κ2) is 9.30. The molecule has 0 spiro atoms. The molecule has 0 aromatic rings. The van der Waals surface area contributed by atoms with E-state index in [4.69, 9.17) is 10.9 Å². The van der Waals surface area contributed by atoms with Gasteiger partial charge in [-0.05, 0) is 18.6 Å². The molecule has 0 aromatic heterocycles. The number of aliphatic hydroxyl groups is 1. The zero-order valence-corrected chi connectivity index (χ0v) is 9.48. The maximum absolute atomic E-state index is 10.7. The number of nitrogens with two attached hydrogens (primary N) is 1. The largest absolute Gasteiger partial charge is 0.395 e. The summed E-state index contributed by atoms with van der Waals surface area (Å²) in [5.41, 5.74) is 2.11. The third-order valence-corrected chi connectivity index (χ3v) is 3.11. The highest BCUT2D eigenvalue weighted by Crippen LogP contribution is 2.12. The van der Waals surface area contributed by atoms with Gasteiger partial charge in [-0.3, -0.25) is 10.2 Å². The van der Waals surface area contributed by atoms with Crippen LogP contribution in [-0.2, 0) is 4.79 Å². The van der Waals surface area contributed by atoms with Crippen LogP contribution in [0, 0.1) is 0 Å². The maximum Gasteiger partial charge on any atom is 0.233 e. The fraction of sp³-hybridized carbons (Fsp3) is 0.889. The minimum absolute atomic E-state index is 0.0959. The van der Waals surface area contributed by atoms with Crippen molar-refractivity contribution >= 4 is 17.7 Å². The van der Waals surface area contributed by atoms with Crippen LogP contribution in [0.2, 0.25) is 0 Å². The van der Waals surface area contributed by atoms with Gasteiger partial charge < -0.3 is 5.11 Å². The highest BCUT2D eigenvalue weighted by atomic mass is 32.2. The lowest BCUT2D eigenvalue weighted by atomic mass is 10.2. The summed E-state index contributed by atoms with van der Waals surface area (Å²) in [6, 6.07) is 0. The Labute approximate surface area is 89.6 Å². The molecule has 0 aliphatic heterocycles. The lowest BCUT2D eigenvalue weighted by Crippen LogP contribution is -2.29. The first kappa shape index (κ1) is 13.7. The van der Waals surface area contributed by atoms with Gasteiger partial charge in [0.25, 0.3) is 0 Å². The SMILES string of the molecule is CC(CO)SCCCCCC(=O)NN. The van der Waals surface area contributed by atoms with E-state index in [1.807, 2.05) is 6.92 Å². The van der Waals surface area contributed by atoms with Gasteiger partial charge in [-0.2, -0.15) is 11.8 Å². The number of hydrogen-bond acceptors (Lipinski definition) is 4. The van der Waals surface area contributed by atoms with Crippen molar-refractivity contribution in [2.45, 2.75) is 37.9 Å². The van der Waals surface area contributed by atoms with Crippen LogP contribution in [0.1, 0.15) is 32.6 Å². The number of aliphatic hydroxyl groups excluding tert-OH is 1. The average molecular weight is 220 g/mol. The topological polar surface area (TPSA) is 75.3 Å². The number of carbonyl (C=O) groups is 1. The quantitative estimate of drug-likeness (QED) is 0.243. The predicted molar refractivity (Wildman–Crippen MR) is 59.8 cm³/mol. The predicted octanol–water partition coefficient (Wildman–Crippen LogP) is 0.651. The van der Waals surface area contributed by atoms with Gasteiger partial charge in [0.05, 0.1) is 6.61 Å². The van der Waals surface area contributed by atoms with Crippen molar-refractivity contribution in [1.82, 2.24) is 5.43 Å². The van der Waals surface area contributed by atoms with E-state index in [1.165, 1.54) is 0 Å². The Hall–Kier alpha value is -0.260. The minimum Gasteiger partial charge on any atom is -0.395 e. The third kappa shape index (κ3) is 8.34. The zero-order chi connectivity index (χ0) is 10.8. The van der Waals surface area contributed by atoms with Crippen molar-refractivity contribution < 1.29 is 9.90 Å². The normalized spacial score (nSPS) is 12.5. The van der Waals surface area contributed by atoms with Crippen LogP contribution in [0.15, 0.2) is 0 Å². The van der Waals surface area contributed by atoms with Crippen molar-refractivity contribution in [1.29, 1.82) is 0 Å². The van der Waals surface area contributed by atoms with Crippen molar-refractivity contribution in [3.05, 3.63) is 0 Å². The summed E-state index contributed by atoms with van der Waals surface area (Å²) in [7, 11) is 0. The lowest BCUT2D eigenvalue weighted by molar-refractivity contribution is -0.121. The van der Waals surface area contributed by atoms with Crippen LogP contribution in [0.4, 0.5) is 0 Å². The smallest absolute Gasteiger partial charge is 0.233 e. The Kier molecular flexibility index (Phi) is 9.13. The van der Waals surface area contributed by atoms with Gasteiger partial charge in [-0.1, -0.05) is 13.3 Å². The molecule has 0 bridgehead atoms. The summed E-state index contributed by atoms with van der Waals surface area (Å²) >= 11 is 1.77. The minimum atomic E-state index is -0.0959. The number of unbranched alkanes of at least 4 members (excludes halogenated alkanes) is 2. The number of nitrogens with one attached hydrogen (secondary N) is 1. The molecule has 5 heteroatoms. The molecule has 1 atom stereocenters. The van der Waals surface area contributed by atoms with E-state index < -0.39 is 0 Å². The Balaban J connectivity index is 3.10. The van der Waals surface area contributed by atoms with E-state index in [0.29, 0.717) is 11.7 Å². The molecule has 0 aromatic carbocycles. The van der Waals surface area contributed by atoms with Crippen LogP contribution in [0.5, 0.6) is 0 Å². The van der Waals surface area contributed by atoms with Crippen LogP contribution in [0.25, 0.3) is 0 Å². The standard InChI is InChI=1S/C9H20N2O2S/c1-8(7-12)14-6-4-2-3-5-9(13)11-10/h8,12H,2-7,10H2,1H3,(H,11,13). The molecule has 0 radical (unpaired) electrons. The molecule has 14 heavy (non-hydrogen) atoms. The molecule has 0 fully saturated rings. The Morgan fingerprint density at radius 1 is 1.50 bits per heavy atom. The molecule has 0 rings (SSSR count). The van der Waals surface area contributed by atoms with Crippen LogP contribution in [-0.4, -0.2) is 28.6 Å². The van der Waals surface area contributed by atoms with Crippen LogP contribution < -0.4 is 11.3 Å².